The molecule has 4 rings (SSSR count). The minimum Gasteiger partial charge on any atom is -0.307 e. The lowest BCUT2D eigenvalue weighted by Crippen LogP contribution is -2.34. The summed E-state index contributed by atoms with van der Waals surface area (Å²) >= 11 is 1.37. The number of hydrogen-bond donors (Lipinski definition) is 0. The van der Waals surface area contributed by atoms with Crippen molar-refractivity contribution in [1.29, 1.82) is 0 Å². The van der Waals surface area contributed by atoms with E-state index in [2.05, 4.69) is 4.98 Å². The molecular formula is C21H23N3O2S. The molecule has 1 aliphatic carbocycles. The molecule has 1 fully saturated rings. The number of benzene rings is 1. The van der Waals surface area contributed by atoms with E-state index in [1.165, 1.54) is 11.8 Å². The molecule has 140 valence electrons. The molecular weight excluding hydrogens is 358 g/mol. The quantitative estimate of drug-likeness (QED) is 0.589. The van der Waals surface area contributed by atoms with Crippen LogP contribution in [0.3, 0.4) is 0 Å². The normalized spacial score (nSPS) is 15.9. The molecule has 5 nitrogen and oxygen atoms in total. The number of para-hydroxylation sites is 1. The van der Waals surface area contributed by atoms with Crippen LogP contribution in [0.2, 0.25) is 0 Å². The van der Waals surface area contributed by atoms with Crippen LogP contribution in [0, 0.1) is 11.3 Å². The summed E-state index contributed by atoms with van der Waals surface area (Å²) in [5, 5.41) is 0.600. The fourth-order valence-corrected chi connectivity index (χ4v) is 4.04. The lowest BCUT2D eigenvalue weighted by molar-refractivity contribution is -0.123. The fraction of sp³-hybridized carbons (Fsp3) is 0.429. The molecule has 0 unspecified atom stereocenters. The molecule has 0 spiro atoms. The zero-order chi connectivity index (χ0) is 19.2. The number of hydrogen-bond acceptors (Lipinski definition) is 5. The van der Waals surface area contributed by atoms with Crippen LogP contribution in [-0.2, 0) is 16.1 Å². The number of nitrogens with zero attached hydrogens (tertiary/aromatic N) is 3. The Morgan fingerprint density at radius 3 is 2.67 bits per heavy atom. The van der Waals surface area contributed by atoms with Crippen molar-refractivity contribution in [2.45, 2.75) is 45.3 Å². The standard InChI is InChI=1S/C21H23N3O2S/c1-21(2,3)17(25)12-27-20-22-10-14-11-24(19(26)13-8-9-13)16-7-5-4-6-15(16)18(14)23-20/h4-7,10,13H,8-9,11-12H2,1-3H3. The fourth-order valence-electron chi connectivity index (χ4n) is 3.07. The molecule has 1 aliphatic heterocycles. The number of anilines is 1. The maximum absolute atomic E-state index is 12.7. The average Bonchev–Trinajstić information content (AvgIpc) is 3.49. The first-order chi connectivity index (χ1) is 12.8. The van der Waals surface area contributed by atoms with E-state index in [1.54, 1.807) is 6.20 Å². The third-order valence-corrected chi connectivity index (χ3v) is 5.84. The molecule has 0 N–H and O–H groups in total. The second kappa shape index (κ2) is 6.75. The smallest absolute Gasteiger partial charge is 0.230 e. The van der Waals surface area contributed by atoms with Crippen molar-refractivity contribution in [3.05, 3.63) is 36.0 Å². The van der Waals surface area contributed by atoms with Gasteiger partial charge in [-0.3, -0.25) is 9.59 Å². The lowest BCUT2D eigenvalue weighted by atomic mass is 9.92. The van der Waals surface area contributed by atoms with E-state index in [4.69, 9.17) is 4.98 Å². The van der Waals surface area contributed by atoms with E-state index in [0.29, 0.717) is 17.5 Å². The molecule has 2 aliphatic rings. The highest BCUT2D eigenvalue weighted by Crippen LogP contribution is 2.41. The number of amides is 1. The van der Waals surface area contributed by atoms with Crippen LogP contribution in [0.1, 0.15) is 39.2 Å². The predicted octanol–water partition coefficient (Wildman–Crippen LogP) is 4.11. The SMILES string of the molecule is CC(C)(C)C(=O)CSc1ncc2c(n1)-c1ccccc1N(C(=O)C1CC1)C2. The van der Waals surface area contributed by atoms with Gasteiger partial charge in [0.25, 0.3) is 0 Å². The van der Waals surface area contributed by atoms with Gasteiger partial charge in [-0.1, -0.05) is 50.7 Å². The Labute approximate surface area is 163 Å². The summed E-state index contributed by atoms with van der Waals surface area (Å²) in [7, 11) is 0. The molecule has 2 aromatic rings. The van der Waals surface area contributed by atoms with E-state index >= 15 is 0 Å². The van der Waals surface area contributed by atoms with Crippen molar-refractivity contribution >= 4 is 29.1 Å². The van der Waals surface area contributed by atoms with Crippen LogP contribution in [0.25, 0.3) is 11.3 Å². The predicted molar refractivity (Wildman–Crippen MR) is 107 cm³/mol. The van der Waals surface area contributed by atoms with Gasteiger partial charge < -0.3 is 4.90 Å². The lowest BCUT2D eigenvalue weighted by Gasteiger charge is -2.30. The first-order valence-electron chi connectivity index (χ1n) is 9.27. The molecule has 27 heavy (non-hydrogen) atoms. The van der Waals surface area contributed by atoms with Crippen molar-refractivity contribution in [2.75, 3.05) is 10.7 Å². The second-order valence-electron chi connectivity index (χ2n) is 8.20. The molecule has 0 bridgehead atoms. The van der Waals surface area contributed by atoms with Crippen LogP contribution in [-0.4, -0.2) is 27.4 Å². The second-order valence-corrected chi connectivity index (χ2v) is 9.15. The molecule has 0 radical (unpaired) electrons. The molecule has 0 atom stereocenters. The maximum Gasteiger partial charge on any atom is 0.230 e. The number of carbonyl (C=O) groups excluding carboxylic acids is 2. The molecule has 1 amide bonds. The Balaban J connectivity index is 1.63. The number of ketones is 1. The summed E-state index contributed by atoms with van der Waals surface area (Å²) in [6.45, 7) is 6.27. The number of carbonyl (C=O) groups is 2. The number of thioether (sulfide) groups is 1. The van der Waals surface area contributed by atoms with E-state index in [1.807, 2.05) is 49.9 Å². The van der Waals surface area contributed by atoms with Gasteiger partial charge >= 0.3 is 0 Å². The van der Waals surface area contributed by atoms with E-state index in [-0.39, 0.29) is 23.0 Å². The molecule has 0 saturated heterocycles. The third kappa shape index (κ3) is 3.63. The number of aromatic nitrogens is 2. The topological polar surface area (TPSA) is 63.2 Å². The van der Waals surface area contributed by atoms with Crippen LogP contribution < -0.4 is 4.90 Å². The van der Waals surface area contributed by atoms with Crippen molar-refractivity contribution in [1.82, 2.24) is 9.97 Å². The zero-order valence-electron chi connectivity index (χ0n) is 15.9. The molecule has 1 aromatic heterocycles. The Morgan fingerprint density at radius 2 is 1.96 bits per heavy atom. The highest BCUT2D eigenvalue weighted by molar-refractivity contribution is 7.99. The van der Waals surface area contributed by atoms with Crippen molar-refractivity contribution in [3.63, 3.8) is 0 Å². The van der Waals surface area contributed by atoms with Gasteiger partial charge in [0.2, 0.25) is 5.91 Å². The van der Waals surface area contributed by atoms with Gasteiger partial charge in [-0.25, -0.2) is 9.97 Å². The van der Waals surface area contributed by atoms with Gasteiger partial charge in [-0.05, 0) is 18.9 Å². The van der Waals surface area contributed by atoms with Gasteiger partial charge in [-0.15, -0.1) is 0 Å². The molecule has 1 saturated carbocycles. The van der Waals surface area contributed by atoms with E-state index < -0.39 is 0 Å². The maximum atomic E-state index is 12.7. The van der Waals surface area contributed by atoms with Gasteiger partial charge in [-0.2, -0.15) is 0 Å². The minimum atomic E-state index is -0.364. The van der Waals surface area contributed by atoms with E-state index in [9.17, 15) is 9.59 Å². The van der Waals surface area contributed by atoms with Crippen molar-refractivity contribution in [2.24, 2.45) is 11.3 Å². The van der Waals surface area contributed by atoms with Crippen LogP contribution >= 0.6 is 11.8 Å². The molecule has 2 heterocycles. The Morgan fingerprint density at radius 1 is 1.22 bits per heavy atom. The summed E-state index contributed by atoms with van der Waals surface area (Å²) in [5.74, 6) is 0.896. The summed E-state index contributed by atoms with van der Waals surface area (Å²) < 4.78 is 0. The summed E-state index contributed by atoms with van der Waals surface area (Å²) in [4.78, 5) is 35.9. The van der Waals surface area contributed by atoms with Gasteiger partial charge in [0, 0.05) is 28.7 Å². The number of Topliss-reactive ketones (excluding diaryl/α,β-unsaturated/α-hetero) is 1. The number of rotatable bonds is 4. The third-order valence-electron chi connectivity index (χ3n) is 4.98. The summed E-state index contributed by atoms with van der Waals surface area (Å²) in [5.41, 5.74) is 3.33. The average molecular weight is 382 g/mol. The first-order valence-corrected chi connectivity index (χ1v) is 10.3. The summed E-state index contributed by atoms with van der Waals surface area (Å²) in [6, 6.07) is 7.90. The number of fused-ring (bicyclic) bond motifs is 3. The minimum absolute atomic E-state index is 0.166. The highest BCUT2D eigenvalue weighted by atomic mass is 32.2. The summed E-state index contributed by atoms with van der Waals surface area (Å²) in [6.07, 6.45) is 3.77. The monoisotopic (exact) mass is 381 g/mol. The van der Waals surface area contributed by atoms with Crippen molar-refractivity contribution < 1.29 is 9.59 Å². The van der Waals surface area contributed by atoms with Crippen molar-refractivity contribution in [3.8, 4) is 11.3 Å². The Hall–Kier alpha value is -2.21. The van der Waals surface area contributed by atoms with Crippen LogP contribution in [0.15, 0.2) is 35.6 Å². The van der Waals surface area contributed by atoms with Gasteiger partial charge in [0.05, 0.1) is 23.7 Å². The van der Waals surface area contributed by atoms with Gasteiger partial charge in [0.15, 0.2) is 5.16 Å². The highest BCUT2D eigenvalue weighted by Gasteiger charge is 2.37. The zero-order valence-corrected chi connectivity index (χ0v) is 16.7. The molecule has 1 aromatic carbocycles. The van der Waals surface area contributed by atoms with Crippen LogP contribution in [0.4, 0.5) is 5.69 Å². The van der Waals surface area contributed by atoms with Crippen LogP contribution in [0.5, 0.6) is 0 Å². The Kier molecular flexibility index (Phi) is 4.54. The Bertz CT molecular complexity index is 916. The van der Waals surface area contributed by atoms with E-state index in [0.717, 1.165) is 35.3 Å². The first kappa shape index (κ1) is 18.2. The van der Waals surface area contributed by atoms with Gasteiger partial charge in [0.1, 0.15) is 5.78 Å². The largest absolute Gasteiger partial charge is 0.307 e. The molecule has 6 heteroatoms.